The molecule has 0 aromatic heterocycles. The van der Waals surface area contributed by atoms with E-state index in [0.29, 0.717) is 0 Å². The molecule has 0 radical (unpaired) electrons. The average Bonchev–Trinajstić information content (AvgIpc) is 2.85. The monoisotopic (exact) mass is 363 g/mol. The van der Waals surface area contributed by atoms with Crippen molar-refractivity contribution in [3.63, 3.8) is 0 Å². The first-order valence-corrected chi connectivity index (χ1v) is 9.50. The fourth-order valence-electron chi connectivity index (χ4n) is 3.46. The lowest BCUT2D eigenvalue weighted by molar-refractivity contribution is 0.0874. The number of hydrogen-bond donors (Lipinski definition) is 0. The first kappa shape index (κ1) is 15.1. The van der Waals surface area contributed by atoms with E-state index >= 15 is 0 Å². The maximum absolute atomic E-state index is 12.8. The van der Waals surface area contributed by atoms with E-state index in [9.17, 15) is 13.2 Å². The van der Waals surface area contributed by atoms with Gasteiger partial charge in [-0.2, -0.15) is 0 Å². The van der Waals surface area contributed by atoms with Crippen LogP contribution in [0, 0.1) is 0 Å². The van der Waals surface area contributed by atoms with Crippen LogP contribution in [-0.4, -0.2) is 31.6 Å². The molecule has 5 rings (SSSR count). The van der Waals surface area contributed by atoms with E-state index in [4.69, 9.17) is 0 Å². The maximum Gasteiger partial charge on any atom is 0.270 e. The Morgan fingerprint density at radius 1 is 0.923 bits per heavy atom. The van der Waals surface area contributed by atoms with Gasteiger partial charge >= 0.3 is 0 Å². The van der Waals surface area contributed by atoms with Crippen LogP contribution in [-0.2, 0) is 10.0 Å². The largest absolute Gasteiger partial charge is 0.312 e. The zero-order valence-corrected chi connectivity index (χ0v) is 14.3. The second kappa shape index (κ2) is 5.15. The summed E-state index contributed by atoms with van der Waals surface area (Å²) in [4.78, 5) is 18.8. The Hall–Kier alpha value is -3.19. The lowest BCUT2D eigenvalue weighted by atomic mass is 10.1. The molecule has 0 spiro atoms. The zero-order chi connectivity index (χ0) is 17.9. The van der Waals surface area contributed by atoms with Crippen LogP contribution in [0.15, 0.2) is 70.6 Å². The molecule has 0 fully saturated rings. The molecule has 128 valence electrons. The molecule has 3 aromatic rings. The third kappa shape index (κ3) is 1.94. The highest BCUT2D eigenvalue weighted by molar-refractivity contribution is 7.90. The van der Waals surface area contributed by atoms with Crippen molar-refractivity contribution in [3.05, 3.63) is 66.2 Å². The van der Waals surface area contributed by atoms with Crippen LogP contribution in [0.5, 0.6) is 0 Å². The lowest BCUT2D eigenvalue weighted by Gasteiger charge is -2.28. The van der Waals surface area contributed by atoms with Gasteiger partial charge in [0.15, 0.2) is 0 Å². The number of carbonyl (C=O) groups is 1. The third-order valence-corrected chi connectivity index (χ3v) is 6.47. The van der Waals surface area contributed by atoms with Crippen molar-refractivity contribution in [1.29, 1.82) is 0 Å². The number of rotatable bonds is 2. The molecule has 2 heterocycles. The van der Waals surface area contributed by atoms with Crippen LogP contribution in [0.3, 0.4) is 0 Å². The summed E-state index contributed by atoms with van der Waals surface area (Å²) in [7, 11) is -3.86. The Bertz CT molecular complexity index is 1210. The molecule has 1 amide bonds. The number of aliphatic imine (C=N–C) groups is 1. The predicted molar refractivity (Wildman–Crippen MR) is 99.2 cm³/mol. The third-order valence-electron chi connectivity index (χ3n) is 4.70. The number of nitrogens with zero attached hydrogens (tertiary/aromatic N) is 3. The van der Waals surface area contributed by atoms with Gasteiger partial charge in [0.25, 0.3) is 15.9 Å². The van der Waals surface area contributed by atoms with Gasteiger partial charge in [0, 0.05) is 5.39 Å². The summed E-state index contributed by atoms with van der Waals surface area (Å²) in [6, 6.07) is 17.9. The summed E-state index contributed by atoms with van der Waals surface area (Å²) >= 11 is 0. The van der Waals surface area contributed by atoms with Gasteiger partial charge in [0.05, 0.1) is 23.3 Å². The number of hydrogen-bond acceptors (Lipinski definition) is 5. The first-order chi connectivity index (χ1) is 12.6. The van der Waals surface area contributed by atoms with Gasteiger partial charge in [0.2, 0.25) is 0 Å². The van der Waals surface area contributed by atoms with Crippen molar-refractivity contribution in [2.75, 3.05) is 11.6 Å². The molecule has 26 heavy (non-hydrogen) atoms. The van der Waals surface area contributed by atoms with Crippen molar-refractivity contribution in [3.8, 4) is 0 Å². The van der Waals surface area contributed by atoms with E-state index in [1.165, 1.54) is 12.1 Å². The van der Waals surface area contributed by atoms with Crippen LogP contribution in [0.1, 0.15) is 10.4 Å². The number of benzene rings is 3. The summed E-state index contributed by atoms with van der Waals surface area (Å²) in [6.07, 6.45) is 1.57. The second-order valence-electron chi connectivity index (χ2n) is 6.16. The standard InChI is InChI=1S/C19H13N3O3S/c23-19-14-7-1-2-10-17(14)26(24,25)22(19)12-21-11-20-15-8-3-5-13-6-4-9-16(21)18(13)15/h1-11H,12H2. The molecule has 0 N–H and O–H groups in total. The van der Waals surface area contributed by atoms with Gasteiger partial charge in [-0.25, -0.2) is 17.7 Å². The van der Waals surface area contributed by atoms with E-state index in [-0.39, 0.29) is 17.1 Å². The molecule has 0 saturated heterocycles. The van der Waals surface area contributed by atoms with E-state index < -0.39 is 15.9 Å². The summed E-state index contributed by atoms with van der Waals surface area (Å²) in [6.45, 7) is -0.118. The Morgan fingerprint density at radius 3 is 2.50 bits per heavy atom. The minimum atomic E-state index is -3.86. The Labute approximate surface area is 150 Å². The lowest BCUT2D eigenvalue weighted by Crippen LogP contribution is -2.41. The molecule has 2 aliphatic heterocycles. The SMILES string of the molecule is O=C1c2ccccc2S(=O)(=O)N1CN1C=Nc2cccc3cccc1c23. The molecular formula is C19H13N3O3S. The molecule has 0 aliphatic carbocycles. The van der Waals surface area contributed by atoms with Crippen LogP contribution in [0.25, 0.3) is 10.8 Å². The van der Waals surface area contributed by atoms with E-state index in [1.807, 2.05) is 36.4 Å². The molecule has 0 saturated carbocycles. The van der Waals surface area contributed by atoms with Crippen LogP contribution >= 0.6 is 0 Å². The quantitative estimate of drug-likeness (QED) is 0.701. The zero-order valence-electron chi connectivity index (χ0n) is 13.5. The minimum Gasteiger partial charge on any atom is -0.312 e. The molecule has 3 aromatic carbocycles. The van der Waals surface area contributed by atoms with Crippen molar-refractivity contribution in [2.24, 2.45) is 4.99 Å². The summed E-state index contributed by atoms with van der Waals surface area (Å²) in [5, 5.41) is 1.96. The van der Waals surface area contributed by atoms with Gasteiger partial charge in [-0.1, -0.05) is 36.4 Å². The molecule has 0 atom stereocenters. The summed E-state index contributed by atoms with van der Waals surface area (Å²) < 4.78 is 26.5. The minimum absolute atomic E-state index is 0.0533. The van der Waals surface area contributed by atoms with Crippen LogP contribution in [0.2, 0.25) is 0 Å². The number of amides is 1. The smallest absolute Gasteiger partial charge is 0.270 e. The first-order valence-electron chi connectivity index (χ1n) is 8.06. The topological polar surface area (TPSA) is 70.1 Å². The Kier molecular flexibility index (Phi) is 2.99. The van der Waals surface area contributed by atoms with Crippen LogP contribution in [0.4, 0.5) is 11.4 Å². The summed E-state index contributed by atoms with van der Waals surface area (Å²) in [5.41, 5.74) is 1.86. The molecule has 0 unspecified atom stereocenters. The Morgan fingerprint density at radius 2 is 1.69 bits per heavy atom. The van der Waals surface area contributed by atoms with E-state index in [2.05, 4.69) is 4.99 Å². The van der Waals surface area contributed by atoms with Crippen molar-refractivity contribution >= 4 is 44.4 Å². The fourth-order valence-corrected chi connectivity index (χ4v) is 4.98. The van der Waals surface area contributed by atoms with Crippen molar-refractivity contribution in [1.82, 2.24) is 4.31 Å². The Balaban J connectivity index is 1.59. The molecule has 0 bridgehead atoms. The normalized spacial score (nSPS) is 17.0. The average molecular weight is 363 g/mol. The van der Waals surface area contributed by atoms with Crippen LogP contribution < -0.4 is 4.90 Å². The van der Waals surface area contributed by atoms with Gasteiger partial charge in [0.1, 0.15) is 11.6 Å². The predicted octanol–water partition coefficient (Wildman–Crippen LogP) is 3.12. The van der Waals surface area contributed by atoms with Gasteiger partial charge in [-0.05, 0) is 29.7 Å². The molecule has 7 heteroatoms. The molecular weight excluding hydrogens is 350 g/mol. The van der Waals surface area contributed by atoms with E-state index in [1.54, 1.807) is 23.4 Å². The molecule has 6 nitrogen and oxygen atoms in total. The highest BCUT2D eigenvalue weighted by Crippen LogP contribution is 2.38. The van der Waals surface area contributed by atoms with Gasteiger partial charge < -0.3 is 4.90 Å². The second-order valence-corrected chi connectivity index (χ2v) is 7.99. The van der Waals surface area contributed by atoms with E-state index in [0.717, 1.165) is 26.5 Å². The molecule has 2 aliphatic rings. The maximum atomic E-state index is 12.8. The summed E-state index contributed by atoms with van der Waals surface area (Å²) in [5.74, 6) is -0.514. The highest BCUT2D eigenvalue weighted by atomic mass is 32.2. The highest BCUT2D eigenvalue weighted by Gasteiger charge is 2.41. The number of anilines is 1. The van der Waals surface area contributed by atoms with Crippen molar-refractivity contribution in [2.45, 2.75) is 4.90 Å². The van der Waals surface area contributed by atoms with Gasteiger partial charge in [-0.3, -0.25) is 4.79 Å². The fraction of sp³-hybridized carbons (Fsp3) is 0.0526. The van der Waals surface area contributed by atoms with Crippen molar-refractivity contribution < 1.29 is 13.2 Å². The number of sulfonamides is 1. The number of carbonyl (C=O) groups excluding carboxylic acids is 1. The number of fused-ring (bicyclic) bond motifs is 1. The van der Waals surface area contributed by atoms with Gasteiger partial charge in [-0.15, -0.1) is 0 Å².